The van der Waals surface area contributed by atoms with Crippen molar-refractivity contribution in [3.63, 3.8) is 0 Å². The number of hydrogen-bond donors (Lipinski definition) is 2. The molecule has 0 radical (unpaired) electrons. The van der Waals surface area contributed by atoms with Crippen LogP contribution in [-0.4, -0.2) is 12.1 Å². The third-order valence-corrected chi connectivity index (χ3v) is 3.50. The molecule has 3 N–H and O–H groups in total. The normalized spacial score (nSPS) is 12.8. The van der Waals surface area contributed by atoms with Crippen LogP contribution >= 0.6 is 12.4 Å². The predicted molar refractivity (Wildman–Crippen MR) is 85.2 cm³/mol. The number of aryl methyl sites for hydroxylation is 1. The van der Waals surface area contributed by atoms with Crippen LogP contribution in [0.15, 0.2) is 36.4 Å². The molecular weight excluding hydrogens is 288 g/mol. The van der Waals surface area contributed by atoms with Crippen LogP contribution in [-0.2, 0) is 17.8 Å². The van der Waals surface area contributed by atoms with Crippen molar-refractivity contribution in [1.82, 2.24) is 0 Å². The van der Waals surface area contributed by atoms with Crippen molar-refractivity contribution >= 4 is 25.0 Å². The van der Waals surface area contributed by atoms with Gasteiger partial charge in [0.15, 0.2) is 0 Å². The zero-order valence-corrected chi connectivity index (χ0v) is 12.5. The molecule has 0 unspecified atom stereocenters. The molecular formula is C15H17BClNO3. The van der Waals surface area contributed by atoms with Gasteiger partial charge in [-0.25, -0.2) is 0 Å². The van der Waals surface area contributed by atoms with Gasteiger partial charge in [-0.1, -0.05) is 18.2 Å². The number of fused-ring (bicyclic) bond motifs is 1. The molecule has 0 spiro atoms. The number of rotatable bonds is 3. The molecule has 1 heterocycles. The van der Waals surface area contributed by atoms with Crippen LogP contribution in [0, 0.1) is 6.92 Å². The molecule has 1 aliphatic heterocycles. The van der Waals surface area contributed by atoms with E-state index in [1.807, 2.05) is 43.3 Å². The summed E-state index contributed by atoms with van der Waals surface area (Å²) in [5.41, 5.74) is 9.48. The Bertz CT molecular complexity index is 651. The van der Waals surface area contributed by atoms with Gasteiger partial charge in [0.05, 0.1) is 6.61 Å². The number of halogens is 1. The zero-order chi connectivity index (χ0) is 14.1. The molecule has 0 saturated carbocycles. The van der Waals surface area contributed by atoms with Crippen molar-refractivity contribution in [3.8, 4) is 11.5 Å². The number of hydrogen-bond acceptors (Lipinski definition) is 4. The number of nitrogens with two attached hydrogens (primary N) is 1. The Morgan fingerprint density at radius 2 is 2.10 bits per heavy atom. The van der Waals surface area contributed by atoms with Crippen LogP contribution in [0.4, 0.5) is 0 Å². The molecule has 4 nitrogen and oxygen atoms in total. The van der Waals surface area contributed by atoms with Crippen LogP contribution in [0.2, 0.25) is 0 Å². The fourth-order valence-electron chi connectivity index (χ4n) is 2.26. The highest BCUT2D eigenvalue weighted by Crippen LogP contribution is 2.26. The molecule has 1 aliphatic rings. The maximum Gasteiger partial charge on any atom is 0.491 e. The summed E-state index contributed by atoms with van der Waals surface area (Å²) < 4.78 is 11.1. The van der Waals surface area contributed by atoms with Crippen molar-refractivity contribution in [2.24, 2.45) is 5.73 Å². The van der Waals surface area contributed by atoms with E-state index in [2.05, 4.69) is 0 Å². The average Bonchev–Trinajstić information content (AvgIpc) is 2.83. The van der Waals surface area contributed by atoms with E-state index in [0.717, 1.165) is 27.9 Å². The summed E-state index contributed by atoms with van der Waals surface area (Å²) in [4.78, 5) is 0. The first-order valence-electron chi connectivity index (χ1n) is 6.57. The summed E-state index contributed by atoms with van der Waals surface area (Å²) in [5, 5.41) is 9.71. The Morgan fingerprint density at radius 3 is 2.86 bits per heavy atom. The lowest BCUT2D eigenvalue weighted by atomic mass is 9.79. The Hall–Kier alpha value is -1.53. The highest BCUT2D eigenvalue weighted by atomic mass is 35.5. The molecule has 0 fully saturated rings. The Morgan fingerprint density at radius 1 is 1.29 bits per heavy atom. The van der Waals surface area contributed by atoms with Crippen LogP contribution < -0.4 is 15.9 Å². The summed E-state index contributed by atoms with van der Waals surface area (Å²) in [6, 6.07) is 11.5. The SMILES string of the molecule is Cc1ccc(CN)cc1Oc1ccc2c(c1)B(O)OC2.Cl. The minimum absolute atomic E-state index is 0. The van der Waals surface area contributed by atoms with Gasteiger partial charge in [-0.05, 0) is 47.3 Å². The predicted octanol–water partition coefficient (Wildman–Crippen LogP) is 1.89. The molecule has 2 aromatic carbocycles. The van der Waals surface area contributed by atoms with Crippen LogP contribution in [0.3, 0.4) is 0 Å². The summed E-state index contributed by atoms with van der Waals surface area (Å²) >= 11 is 0. The van der Waals surface area contributed by atoms with Gasteiger partial charge in [-0.3, -0.25) is 0 Å². The minimum Gasteiger partial charge on any atom is -0.457 e. The first kappa shape index (κ1) is 15.9. The first-order chi connectivity index (χ1) is 9.67. The van der Waals surface area contributed by atoms with E-state index in [9.17, 15) is 5.02 Å². The summed E-state index contributed by atoms with van der Waals surface area (Å²) in [5.74, 6) is 1.46. The van der Waals surface area contributed by atoms with Gasteiger partial charge in [0, 0.05) is 6.54 Å². The molecule has 0 bridgehead atoms. The van der Waals surface area contributed by atoms with E-state index in [-0.39, 0.29) is 12.4 Å². The molecule has 110 valence electrons. The second-order valence-electron chi connectivity index (χ2n) is 4.93. The van der Waals surface area contributed by atoms with E-state index in [1.54, 1.807) is 0 Å². The lowest BCUT2D eigenvalue weighted by molar-refractivity contribution is 0.275. The molecule has 0 aromatic heterocycles. The van der Waals surface area contributed by atoms with Gasteiger partial charge in [0.25, 0.3) is 0 Å². The van der Waals surface area contributed by atoms with Crippen LogP contribution in [0.1, 0.15) is 16.7 Å². The van der Waals surface area contributed by atoms with Crippen molar-refractivity contribution in [1.29, 1.82) is 0 Å². The van der Waals surface area contributed by atoms with Gasteiger partial charge in [-0.15, -0.1) is 12.4 Å². The molecule has 6 heteroatoms. The van der Waals surface area contributed by atoms with Crippen LogP contribution in [0.5, 0.6) is 11.5 Å². The zero-order valence-electron chi connectivity index (χ0n) is 11.7. The van der Waals surface area contributed by atoms with Gasteiger partial charge in [0.1, 0.15) is 11.5 Å². The van der Waals surface area contributed by atoms with Crippen molar-refractivity contribution in [3.05, 3.63) is 53.1 Å². The average molecular weight is 306 g/mol. The third-order valence-electron chi connectivity index (χ3n) is 3.50. The quantitative estimate of drug-likeness (QED) is 0.850. The fraction of sp³-hybridized carbons (Fsp3) is 0.200. The molecule has 0 saturated heterocycles. The molecule has 3 rings (SSSR count). The topological polar surface area (TPSA) is 64.7 Å². The lowest BCUT2D eigenvalue weighted by Gasteiger charge is -2.11. The second-order valence-corrected chi connectivity index (χ2v) is 4.93. The van der Waals surface area contributed by atoms with Gasteiger partial charge in [-0.2, -0.15) is 0 Å². The van der Waals surface area contributed by atoms with E-state index in [4.69, 9.17) is 15.1 Å². The summed E-state index contributed by atoms with van der Waals surface area (Å²) in [6.07, 6.45) is 0. The van der Waals surface area contributed by atoms with Crippen LogP contribution in [0.25, 0.3) is 0 Å². The maximum absolute atomic E-state index is 9.71. The number of ether oxygens (including phenoxy) is 1. The summed E-state index contributed by atoms with van der Waals surface area (Å²) in [6.45, 7) is 2.91. The standard InChI is InChI=1S/C15H16BNO3.ClH/c1-10-2-3-11(8-17)6-15(10)20-13-5-4-12-9-19-16(18)14(12)7-13;/h2-7,18H,8-9,17H2,1H3;1H. The third kappa shape index (κ3) is 3.22. The smallest absolute Gasteiger partial charge is 0.457 e. The van der Waals surface area contributed by atoms with Gasteiger partial charge >= 0.3 is 7.12 Å². The second kappa shape index (κ2) is 6.49. The largest absolute Gasteiger partial charge is 0.491 e. The van der Waals surface area contributed by atoms with E-state index in [1.165, 1.54) is 0 Å². The highest BCUT2D eigenvalue weighted by molar-refractivity contribution is 6.61. The monoisotopic (exact) mass is 305 g/mol. The molecule has 21 heavy (non-hydrogen) atoms. The van der Waals surface area contributed by atoms with E-state index in [0.29, 0.717) is 18.9 Å². The van der Waals surface area contributed by atoms with Gasteiger partial charge < -0.3 is 20.1 Å². The minimum atomic E-state index is -0.856. The Balaban J connectivity index is 0.00000161. The highest BCUT2D eigenvalue weighted by Gasteiger charge is 2.27. The van der Waals surface area contributed by atoms with Crippen molar-refractivity contribution in [2.45, 2.75) is 20.1 Å². The van der Waals surface area contributed by atoms with Crippen molar-refractivity contribution in [2.75, 3.05) is 0 Å². The molecule has 2 aromatic rings. The molecule has 0 aliphatic carbocycles. The van der Waals surface area contributed by atoms with Gasteiger partial charge in [0.2, 0.25) is 0 Å². The first-order valence-corrected chi connectivity index (χ1v) is 6.57. The Labute approximate surface area is 130 Å². The van der Waals surface area contributed by atoms with E-state index >= 15 is 0 Å². The van der Waals surface area contributed by atoms with E-state index < -0.39 is 7.12 Å². The fourth-order valence-corrected chi connectivity index (χ4v) is 2.26. The summed E-state index contributed by atoms with van der Waals surface area (Å²) in [7, 11) is -0.856. The molecule has 0 atom stereocenters. The lowest BCUT2D eigenvalue weighted by Crippen LogP contribution is -2.27. The Kier molecular flexibility index (Phi) is 4.90. The molecule has 0 amide bonds. The maximum atomic E-state index is 9.71. The number of benzene rings is 2. The van der Waals surface area contributed by atoms with Crippen molar-refractivity contribution < 1.29 is 14.4 Å².